The van der Waals surface area contributed by atoms with Crippen LogP contribution in [0.5, 0.6) is 11.5 Å². The van der Waals surface area contributed by atoms with Gasteiger partial charge in [0, 0.05) is 19.3 Å². The Labute approximate surface area is 376 Å². The molecule has 0 heterocycles. The van der Waals surface area contributed by atoms with E-state index in [4.69, 9.17) is 18.3 Å². The first kappa shape index (κ1) is 56.9. The van der Waals surface area contributed by atoms with Crippen molar-refractivity contribution < 1.29 is 23.1 Å². The van der Waals surface area contributed by atoms with Gasteiger partial charge in [0.25, 0.3) is 0 Å². The van der Waals surface area contributed by atoms with Crippen molar-refractivity contribution in [2.75, 3.05) is 26.4 Å². The summed E-state index contributed by atoms with van der Waals surface area (Å²) in [5.74, 6) is 1.46. The zero-order chi connectivity index (χ0) is 44.7. The molecule has 0 bridgehead atoms. The Kier molecular flexibility index (Phi) is 32.5. The van der Waals surface area contributed by atoms with Gasteiger partial charge < -0.3 is 18.3 Å². The van der Waals surface area contributed by atoms with Crippen LogP contribution < -0.4 is 9.47 Å². The van der Waals surface area contributed by atoms with E-state index in [1.165, 1.54) is 141 Å². The maximum atomic E-state index is 11.7. The summed E-state index contributed by atoms with van der Waals surface area (Å²) in [6.07, 6.45) is 31.9. The molecule has 0 spiro atoms. The molecular weight excluding hydrogens is 773 g/mol. The predicted octanol–water partition coefficient (Wildman–Crippen LogP) is 18.0. The Hall–Kier alpha value is -1.16. The van der Waals surface area contributed by atoms with Gasteiger partial charge >= 0.3 is 0 Å². The minimum Gasteiger partial charge on any atom is -0.493 e. The summed E-state index contributed by atoms with van der Waals surface area (Å²) in [5.41, 5.74) is 4.67. The Morgan fingerprint density at radius 1 is 0.383 bits per heavy atom. The van der Waals surface area contributed by atoms with E-state index >= 15 is 0 Å². The normalized spacial score (nSPS) is 12.6. The second-order valence-electron chi connectivity index (χ2n) is 20.3. The van der Waals surface area contributed by atoms with Crippen LogP contribution in [0.2, 0.25) is 33.2 Å². The van der Waals surface area contributed by atoms with Crippen LogP contribution in [0.1, 0.15) is 248 Å². The lowest BCUT2D eigenvalue weighted by atomic mass is 10.1. The Balaban J connectivity index is 2.03. The first-order valence-corrected chi connectivity index (χ1v) is 30.2. The monoisotopic (exact) mass is 875 g/mol. The highest BCUT2D eigenvalue weighted by Crippen LogP contribution is 2.43. The number of aldehydes is 1. The molecule has 5 nitrogen and oxygen atoms in total. The Morgan fingerprint density at radius 2 is 0.650 bits per heavy atom. The van der Waals surface area contributed by atoms with Crippen LogP contribution in [0.25, 0.3) is 0 Å². The van der Waals surface area contributed by atoms with Crippen molar-refractivity contribution in [3.8, 4) is 11.5 Å². The average molecular weight is 876 g/mol. The Bertz CT molecular complexity index is 1120. The fourth-order valence-electron chi connectivity index (χ4n) is 10.6. The maximum Gasteiger partial charge on any atom is 0.200 e. The van der Waals surface area contributed by atoms with E-state index in [0.717, 1.165) is 38.1 Å². The number of unbranched alkanes of at least 4 members (excludes halogenated alkanes) is 22. The SMILES string of the molecule is CC(C)[Si](OCCCCCCCCCCCCCCOc1ccc(C=O)c(OCCCCCCCCCCCCCCO[Si](C(C)C)(C(C)C)C(C)C)c1)(C(C)C)C(C)C. The molecule has 0 aliphatic carbocycles. The number of benzene rings is 1. The fourth-order valence-corrected chi connectivity index (χ4v) is 21.6. The molecule has 0 aromatic heterocycles. The van der Waals surface area contributed by atoms with Crippen LogP contribution in [-0.4, -0.2) is 49.3 Å². The molecule has 60 heavy (non-hydrogen) atoms. The third-order valence-electron chi connectivity index (χ3n) is 13.8. The van der Waals surface area contributed by atoms with E-state index in [1.807, 2.05) is 18.2 Å². The van der Waals surface area contributed by atoms with Crippen molar-refractivity contribution in [3.05, 3.63) is 23.8 Å². The maximum absolute atomic E-state index is 11.7. The van der Waals surface area contributed by atoms with Gasteiger partial charge in [-0.15, -0.1) is 0 Å². The number of carbonyl (C=O) groups is 1. The quantitative estimate of drug-likeness (QED) is 0.0373. The van der Waals surface area contributed by atoms with Crippen LogP contribution in [-0.2, 0) is 8.85 Å². The predicted molar refractivity (Wildman–Crippen MR) is 268 cm³/mol. The summed E-state index contributed by atoms with van der Waals surface area (Å²) in [6.45, 7) is 31.9. The third-order valence-corrected chi connectivity index (χ3v) is 26.1. The summed E-state index contributed by atoms with van der Waals surface area (Å²) < 4.78 is 25.6. The number of carbonyl (C=O) groups excluding carboxylic acids is 1. The molecule has 1 aromatic rings. The molecule has 1 rings (SSSR count). The molecule has 7 heteroatoms. The first-order chi connectivity index (χ1) is 28.8. The lowest BCUT2D eigenvalue weighted by Crippen LogP contribution is -2.47. The lowest BCUT2D eigenvalue weighted by molar-refractivity contribution is 0.111. The molecule has 0 saturated carbocycles. The first-order valence-electron chi connectivity index (χ1n) is 25.9. The van der Waals surface area contributed by atoms with Gasteiger partial charge in [-0.05, 0) is 71.1 Å². The molecule has 0 unspecified atom stereocenters. The summed E-state index contributed by atoms with van der Waals surface area (Å²) in [6, 6.07) is 5.64. The molecule has 0 N–H and O–H groups in total. The van der Waals surface area contributed by atoms with E-state index in [2.05, 4.69) is 83.1 Å². The molecule has 0 aliphatic rings. The van der Waals surface area contributed by atoms with Crippen molar-refractivity contribution in [1.29, 1.82) is 0 Å². The van der Waals surface area contributed by atoms with Crippen LogP contribution >= 0.6 is 0 Å². The van der Waals surface area contributed by atoms with E-state index in [9.17, 15) is 4.79 Å². The number of rotatable bonds is 41. The van der Waals surface area contributed by atoms with Gasteiger partial charge in [0.2, 0.25) is 0 Å². The summed E-state index contributed by atoms with van der Waals surface area (Å²) in [5, 5.41) is 0. The van der Waals surface area contributed by atoms with E-state index in [0.29, 0.717) is 57.8 Å². The smallest absolute Gasteiger partial charge is 0.200 e. The van der Waals surface area contributed by atoms with Gasteiger partial charge in [-0.25, -0.2) is 0 Å². The van der Waals surface area contributed by atoms with Gasteiger partial charge in [0.1, 0.15) is 11.5 Å². The van der Waals surface area contributed by atoms with Crippen molar-refractivity contribution in [3.63, 3.8) is 0 Å². The van der Waals surface area contributed by atoms with Gasteiger partial charge in [0.15, 0.2) is 22.9 Å². The van der Waals surface area contributed by atoms with Crippen LogP contribution in [0.3, 0.4) is 0 Å². The highest BCUT2D eigenvalue weighted by molar-refractivity contribution is 6.78. The second-order valence-corrected chi connectivity index (χ2v) is 31.3. The zero-order valence-corrected chi connectivity index (χ0v) is 44.1. The number of hydrogen-bond donors (Lipinski definition) is 0. The fraction of sp³-hybridized carbons (Fsp3) is 0.868. The van der Waals surface area contributed by atoms with Crippen molar-refractivity contribution >= 4 is 22.9 Å². The van der Waals surface area contributed by atoms with Crippen LogP contribution in [0.4, 0.5) is 0 Å². The minimum absolute atomic E-state index is 0.607. The van der Waals surface area contributed by atoms with Crippen LogP contribution in [0, 0.1) is 0 Å². The van der Waals surface area contributed by atoms with Gasteiger partial charge in [0.05, 0.1) is 18.8 Å². The second kappa shape index (κ2) is 34.3. The van der Waals surface area contributed by atoms with Gasteiger partial charge in [-0.1, -0.05) is 212 Å². The number of ether oxygens (including phenoxy) is 2. The van der Waals surface area contributed by atoms with Crippen molar-refractivity contribution in [1.82, 2.24) is 0 Å². The highest BCUT2D eigenvalue weighted by atomic mass is 28.4. The Morgan fingerprint density at radius 3 is 0.933 bits per heavy atom. The van der Waals surface area contributed by atoms with Crippen molar-refractivity contribution in [2.24, 2.45) is 0 Å². The summed E-state index contributed by atoms with van der Waals surface area (Å²) in [4.78, 5) is 11.7. The van der Waals surface area contributed by atoms with Crippen molar-refractivity contribution in [2.45, 2.75) is 270 Å². The molecule has 0 amide bonds. The molecule has 1 aromatic carbocycles. The minimum atomic E-state index is -1.70. The molecule has 0 saturated heterocycles. The molecule has 352 valence electrons. The number of hydrogen-bond acceptors (Lipinski definition) is 5. The standard InChI is InChI=1S/C53H102O5Si2/c1-45(2)59(46(3)4,47(5)6)57-41-35-31-27-23-19-15-13-17-21-25-29-33-39-55-52-38-37-51(44-54)53(43-52)56-40-34-30-26-22-18-14-16-20-24-28-32-36-42-58-60(48(7)8,49(9)10)50(11)12/h37-38,43-50H,13-36,39-42H2,1-12H3. The highest BCUT2D eigenvalue weighted by Gasteiger charge is 2.45. The zero-order valence-electron chi connectivity index (χ0n) is 42.1. The molecule has 0 radical (unpaired) electrons. The van der Waals surface area contributed by atoms with Gasteiger partial charge in [-0.2, -0.15) is 0 Å². The van der Waals surface area contributed by atoms with Gasteiger partial charge in [-0.3, -0.25) is 4.79 Å². The summed E-state index contributed by atoms with van der Waals surface area (Å²) in [7, 11) is -3.40. The molecule has 0 atom stereocenters. The molecular formula is C53H102O5Si2. The lowest BCUT2D eigenvalue weighted by Gasteiger charge is -2.42. The molecule has 0 fully saturated rings. The molecule has 0 aliphatic heterocycles. The largest absolute Gasteiger partial charge is 0.493 e. The van der Waals surface area contributed by atoms with E-state index < -0.39 is 16.6 Å². The third kappa shape index (κ3) is 22.0. The topological polar surface area (TPSA) is 54.0 Å². The summed E-state index contributed by atoms with van der Waals surface area (Å²) >= 11 is 0. The van der Waals surface area contributed by atoms with Crippen LogP contribution in [0.15, 0.2) is 18.2 Å². The van der Waals surface area contributed by atoms with E-state index in [1.54, 1.807) is 0 Å². The van der Waals surface area contributed by atoms with E-state index in [-0.39, 0.29) is 0 Å². The average Bonchev–Trinajstić information content (AvgIpc) is 3.19.